The highest BCUT2D eigenvalue weighted by atomic mass is 16.7. The van der Waals surface area contributed by atoms with Gasteiger partial charge in [-0.1, -0.05) is 6.07 Å². The Morgan fingerprint density at radius 1 is 1.07 bits per heavy atom. The van der Waals surface area contributed by atoms with E-state index in [1.807, 2.05) is 36.4 Å². The number of ether oxygens (including phenoxy) is 2. The second kappa shape index (κ2) is 8.60. The summed E-state index contributed by atoms with van der Waals surface area (Å²) in [5.41, 5.74) is 3.50. The van der Waals surface area contributed by atoms with Gasteiger partial charge in [0.2, 0.25) is 6.79 Å². The van der Waals surface area contributed by atoms with Gasteiger partial charge in [-0.05, 0) is 53.9 Å². The lowest BCUT2D eigenvalue weighted by molar-refractivity contribution is 0.0791. The van der Waals surface area contributed by atoms with Gasteiger partial charge in [0.1, 0.15) is 5.69 Å². The molecule has 3 heterocycles. The van der Waals surface area contributed by atoms with E-state index in [2.05, 4.69) is 15.3 Å². The van der Waals surface area contributed by atoms with Gasteiger partial charge < -0.3 is 19.7 Å². The number of hydrogen-bond donors (Lipinski definition) is 1. The van der Waals surface area contributed by atoms with Crippen LogP contribution in [0.3, 0.4) is 0 Å². The number of pyridine rings is 2. The number of likely N-dealkylation sites (N-methyl/N-ethyl adjacent to an activating group) is 1. The van der Waals surface area contributed by atoms with Gasteiger partial charge in [-0.25, -0.2) is 4.98 Å². The highest BCUT2D eigenvalue weighted by molar-refractivity contribution is 5.92. The molecule has 0 spiro atoms. The van der Waals surface area contributed by atoms with Crippen LogP contribution in [0.2, 0.25) is 0 Å². The van der Waals surface area contributed by atoms with E-state index in [1.54, 1.807) is 36.6 Å². The molecule has 29 heavy (non-hydrogen) atoms. The normalized spacial score (nSPS) is 11.9. The lowest BCUT2D eigenvalue weighted by atomic mass is 10.2. The molecule has 0 saturated heterocycles. The van der Waals surface area contributed by atoms with E-state index in [4.69, 9.17) is 9.47 Å². The van der Waals surface area contributed by atoms with Crippen molar-refractivity contribution in [1.82, 2.24) is 14.9 Å². The van der Waals surface area contributed by atoms with Crippen LogP contribution in [0.25, 0.3) is 0 Å². The molecule has 148 valence electrons. The summed E-state index contributed by atoms with van der Waals surface area (Å²) in [6.45, 7) is 1.51. The highest BCUT2D eigenvalue weighted by Crippen LogP contribution is 2.32. The maximum absolute atomic E-state index is 12.6. The number of rotatable bonds is 7. The first kappa shape index (κ1) is 18.7. The predicted octanol–water partition coefficient (Wildman–Crippen LogP) is 3.13. The topological polar surface area (TPSA) is 76.6 Å². The second-order valence-electron chi connectivity index (χ2n) is 6.81. The van der Waals surface area contributed by atoms with Crippen LogP contribution in [-0.4, -0.2) is 41.2 Å². The number of carbonyl (C=O) groups is 1. The summed E-state index contributed by atoms with van der Waals surface area (Å²) in [6, 6.07) is 13.4. The van der Waals surface area contributed by atoms with Crippen LogP contribution in [0.5, 0.6) is 11.5 Å². The van der Waals surface area contributed by atoms with Crippen LogP contribution in [0.4, 0.5) is 5.69 Å². The van der Waals surface area contributed by atoms with Crippen molar-refractivity contribution in [3.8, 4) is 11.5 Å². The fraction of sp³-hybridized carbons (Fsp3) is 0.227. The number of nitrogens with one attached hydrogen (secondary N) is 1. The van der Waals surface area contributed by atoms with Crippen LogP contribution >= 0.6 is 0 Å². The van der Waals surface area contributed by atoms with E-state index in [1.165, 1.54) is 0 Å². The van der Waals surface area contributed by atoms with Crippen molar-refractivity contribution in [3.63, 3.8) is 0 Å². The van der Waals surface area contributed by atoms with E-state index in [0.29, 0.717) is 18.8 Å². The molecule has 0 unspecified atom stereocenters. The molecule has 0 bridgehead atoms. The Morgan fingerprint density at radius 2 is 1.90 bits per heavy atom. The number of anilines is 1. The number of amides is 1. The van der Waals surface area contributed by atoms with E-state index >= 15 is 0 Å². The molecule has 3 aromatic rings. The maximum atomic E-state index is 12.6. The smallest absolute Gasteiger partial charge is 0.272 e. The van der Waals surface area contributed by atoms with Crippen LogP contribution in [0.1, 0.15) is 21.6 Å². The maximum Gasteiger partial charge on any atom is 0.272 e. The first-order valence-corrected chi connectivity index (χ1v) is 9.42. The largest absolute Gasteiger partial charge is 0.454 e. The Bertz CT molecular complexity index is 977. The van der Waals surface area contributed by atoms with Crippen molar-refractivity contribution >= 4 is 11.6 Å². The molecular weight excluding hydrogens is 368 g/mol. The Balaban J connectivity index is 1.30. The number of carbonyl (C=O) groups excluding carboxylic acids is 1. The molecule has 1 N–H and O–H groups in total. The quantitative estimate of drug-likeness (QED) is 0.668. The standard InChI is InChI=1S/C22H22N4O3/c1-26(11-8-16-6-9-23-10-7-16)22(27)19-4-3-18(14-25-19)24-13-17-2-5-20-21(12-17)29-15-28-20/h2-7,9-10,12,14,24H,8,11,13,15H2,1H3. The summed E-state index contributed by atoms with van der Waals surface area (Å²) in [4.78, 5) is 22.6. The average molecular weight is 390 g/mol. The summed E-state index contributed by atoms with van der Waals surface area (Å²) in [5.74, 6) is 1.44. The SMILES string of the molecule is CN(CCc1ccncc1)C(=O)c1ccc(NCc2ccc3c(c2)OCO3)cn1. The molecule has 1 aromatic carbocycles. The molecule has 2 aromatic heterocycles. The molecule has 0 atom stereocenters. The third-order valence-corrected chi connectivity index (χ3v) is 4.75. The molecule has 1 aliphatic rings. The first-order chi connectivity index (χ1) is 14.2. The second-order valence-corrected chi connectivity index (χ2v) is 6.81. The Kier molecular flexibility index (Phi) is 5.56. The van der Waals surface area contributed by atoms with E-state index < -0.39 is 0 Å². The van der Waals surface area contributed by atoms with Crippen molar-refractivity contribution in [3.05, 3.63) is 77.9 Å². The molecule has 1 amide bonds. The molecule has 0 radical (unpaired) electrons. The molecule has 4 rings (SSSR count). The average Bonchev–Trinajstić information content (AvgIpc) is 3.24. The number of nitrogens with zero attached hydrogens (tertiary/aromatic N) is 3. The fourth-order valence-electron chi connectivity index (χ4n) is 3.02. The van der Waals surface area contributed by atoms with E-state index in [0.717, 1.165) is 34.7 Å². The summed E-state index contributed by atoms with van der Waals surface area (Å²) in [5, 5.41) is 3.30. The fourth-order valence-corrected chi connectivity index (χ4v) is 3.02. The molecule has 0 aliphatic carbocycles. The zero-order valence-corrected chi connectivity index (χ0v) is 16.2. The number of fused-ring (bicyclic) bond motifs is 1. The minimum absolute atomic E-state index is 0.0959. The molecule has 1 aliphatic heterocycles. The van der Waals surface area contributed by atoms with Gasteiger partial charge >= 0.3 is 0 Å². The third-order valence-electron chi connectivity index (χ3n) is 4.75. The van der Waals surface area contributed by atoms with Crippen LogP contribution in [-0.2, 0) is 13.0 Å². The number of hydrogen-bond acceptors (Lipinski definition) is 6. The van der Waals surface area contributed by atoms with E-state index in [-0.39, 0.29) is 12.7 Å². The lowest BCUT2D eigenvalue weighted by Crippen LogP contribution is -2.29. The Labute approximate surface area is 169 Å². The van der Waals surface area contributed by atoms with Crippen LogP contribution in [0.15, 0.2) is 61.1 Å². The van der Waals surface area contributed by atoms with Gasteiger partial charge in [0.05, 0.1) is 11.9 Å². The minimum atomic E-state index is -0.0959. The molecule has 7 heteroatoms. The van der Waals surface area contributed by atoms with Gasteiger partial charge in [0, 0.05) is 32.5 Å². The van der Waals surface area contributed by atoms with Gasteiger partial charge in [-0.2, -0.15) is 0 Å². The molecular formula is C22H22N4O3. The van der Waals surface area contributed by atoms with Gasteiger partial charge in [0.25, 0.3) is 5.91 Å². The molecule has 0 fully saturated rings. The van der Waals surface area contributed by atoms with Gasteiger partial charge in [-0.3, -0.25) is 9.78 Å². The van der Waals surface area contributed by atoms with Crippen LogP contribution in [0, 0.1) is 0 Å². The van der Waals surface area contributed by atoms with E-state index in [9.17, 15) is 4.79 Å². The first-order valence-electron chi connectivity index (χ1n) is 9.42. The molecule has 7 nitrogen and oxygen atoms in total. The Morgan fingerprint density at radius 3 is 2.69 bits per heavy atom. The number of aromatic nitrogens is 2. The number of benzene rings is 1. The highest BCUT2D eigenvalue weighted by Gasteiger charge is 2.14. The summed E-state index contributed by atoms with van der Waals surface area (Å²) in [7, 11) is 1.79. The minimum Gasteiger partial charge on any atom is -0.454 e. The third kappa shape index (κ3) is 4.63. The summed E-state index contributed by atoms with van der Waals surface area (Å²) >= 11 is 0. The molecule has 0 saturated carbocycles. The predicted molar refractivity (Wildman–Crippen MR) is 109 cm³/mol. The van der Waals surface area contributed by atoms with Crippen molar-refractivity contribution in [2.45, 2.75) is 13.0 Å². The zero-order chi connectivity index (χ0) is 20.1. The summed E-state index contributed by atoms with van der Waals surface area (Å²) in [6.07, 6.45) is 5.97. The monoisotopic (exact) mass is 390 g/mol. The van der Waals surface area contributed by atoms with Crippen LogP contribution < -0.4 is 14.8 Å². The lowest BCUT2D eigenvalue weighted by Gasteiger charge is -2.17. The Hall–Kier alpha value is -3.61. The van der Waals surface area contributed by atoms with Crippen molar-refractivity contribution in [2.24, 2.45) is 0 Å². The summed E-state index contributed by atoms with van der Waals surface area (Å²) < 4.78 is 10.7. The van der Waals surface area contributed by atoms with Gasteiger partial charge in [-0.15, -0.1) is 0 Å². The van der Waals surface area contributed by atoms with Crippen molar-refractivity contribution in [1.29, 1.82) is 0 Å². The van der Waals surface area contributed by atoms with Gasteiger partial charge in [0.15, 0.2) is 11.5 Å². The zero-order valence-electron chi connectivity index (χ0n) is 16.2. The van der Waals surface area contributed by atoms with Crippen molar-refractivity contribution in [2.75, 3.05) is 25.7 Å². The van der Waals surface area contributed by atoms with Crippen molar-refractivity contribution < 1.29 is 14.3 Å².